The SMILES string of the molecule is CN(Cc1ccccc1NC(=O)CN(C)S(=O)(=O)c1ccc(Cl)cc1)C1CCCCC1. The van der Waals surface area contributed by atoms with E-state index in [9.17, 15) is 13.2 Å². The number of carbonyl (C=O) groups excluding carboxylic acids is 1. The second-order valence-corrected chi connectivity index (χ2v) is 10.6. The predicted octanol–water partition coefficient (Wildman–Crippen LogP) is 4.36. The van der Waals surface area contributed by atoms with Gasteiger partial charge in [0.1, 0.15) is 0 Å². The van der Waals surface area contributed by atoms with E-state index >= 15 is 0 Å². The van der Waals surface area contributed by atoms with Crippen LogP contribution in [0.5, 0.6) is 0 Å². The van der Waals surface area contributed by atoms with E-state index < -0.39 is 10.0 Å². The third-order valence-electron chi connectivity index (χ3n) is 5.80. The fraction of sp³-hybridized carbons (Fsp3) is 0.435. The zero-order valence-corrected chi connectivity index (χ0v) is 19.6. The highest BCUT2D eigenvalue weighted by molar-refractivity contribution is 7.89. The molecule has 0 atom stereocenters. The smallest absolute Gasteiger partial charge is 0.243 e. The summed E-state index contributed by atoms with van der Waals surface area (Å²) in [7, 11) is -0.260. The fourth-order valence-corrected chi connectivity index (χ4v) is 5.22. The van der Waals surface area contributed by atoms with Crippen molar-refractivity contribution in [3.05, 3.63) is 59.1 Å². The van der Waals surface area contributed by atoms with Gasteiger partial charge in [-0.15, -0.1) is 0 Å². The van der Waals surface area contributed by atoms with Crippen molar-refractivity contribution >= 4 is 33.2 Å². The molecule has 168 valence electrons. The normalized spacial score (nSPS) is 15.4. The molecule has 0 radical (unpaired) electrons. The summed E-state index contributed by atoms with van der Waals surface area (Å²) in [5.41, 5.74) is 1.74. The van der Waals surface area contributed by atoms with Gasteiger partial charge < -0.3 is 5.32 Å². The molecule has 1 aliphatic carbocycles. The molecule has 6 nitrogen and oxygen atoms in total. The van der Waals surface area contributed by atoms with Crippen LogP contribution in [-0.2, 0) is 21.4 Å². The second-order valence-electron chi connectivity index (χ2n) is 8.13. The van der Waals surface area contributed by atoms with Crippen LogP contribution in [0.25, 0.3) is 0 Å². The molecule has 3 rings (SSSR count). The third-order valence-corrected chi connectivity index (χ3v) is 7.87. The van der Waals surface area contributed by atoms with Crippen LogP contribution in [0.1, 0.15) is 37.7 Å². The number of nitrogens with one attached hydrogen (secondary N) is 1. The number of likely N-dealkylation sites (N-methyl/N-ethyl adjacent to an activating group) is 1. The Morgan fingerprint density at radius 3 is 2.35 bits per heavy atom. The molecule has 0 aromatic heterocycles. The Hall–Kier alpha value is -1.93. The Morgan fingerprint density at radius 2 is 1.68 bits per heavy atom. The van der Waals surface area contributed by atoms with Gasteiger partial charge in [-0.2, -0.15) is 4.31 Å². The lowest BCUT2D eigenvalue weighted by Crippen LogP contribution is -2.35. The van der Waals surface area contributed by atoms with Crippen molar-refractivity contribution < 1.29 is 13.2 Å². The van der Waals surface area contributed by atoms with Gasteiger partial charge in [-0.25, -0.2) is 8.42 Å². The molecule has 1 saturated carbocycles. The van der Waals surface area contributed by atoms with Crippen LogP contribution in [0, 0.1) is 0 Å². The van der Waals surface area contributed by atoms with Gasteiger partial charge in [0.15, 0.2) is 0 Å². The number of nitrogens with zero attached hydrogens (tertiary/aromatic N) is 2. The van der Waals surface area contributed by atoms with Gasteiger partial charge in [0.05, 0.1) is 11.4 Å². The molecule has 31 heavy (non-hydrogen) atoms. The maximum Gasteiger partial charge on any atom is 0.243 e. The molecule has 0 bridgehead atoms. The van der Waals surface area contributed by atoms with Gasteiger partial charge in [-0.1, -0.05) is 49.1 Å². The van der Waals surface area contributed by atoms with Crippen LogP contribution in [0.2, 0.25) is 5.02 Å². The molecule has 0 heterocycles. The van der Waals surface area contributed by atoms with Crippen molar-refractivity contribution in [3.8, 4) is 0 Å². The molecule has 1 amide bonds. The first-order valence-electron chi connectivity index (χ1n) is 10.6. The number of anilines is 1. The number of rotatable bonds is 8. The van der Waals surface area contributed by atoms with E-state index in [-0.39, 0.29) is 17.3 Å². The van der Waals surface area contributed by atoms with Gasteiger partial charge in [-0.05, 0) is 55.8 Å². The Morgan fingerprint density at radius 1 is 1.03 bits per heavy atom. The number of para-hydroxylation sites is 1. The lowest BCUT2D eigenvalue weighted by Gasteiger charge is -2.31. The van der Waals surface area contributed by atoms with E-state index in [4.69, 9.17) is 11.6 Å². The van der Waals surface area contributed by atoms with Gasteiger partial charge in [-0.3, -0.25) is 9.69 Å². The first kappa shape index (κ1) is 23.7. The van der Waals surface area contributed by atoms with E-state index in [0.29, 0.717) is 16.8 Å². The van der Waals surface area contributed by atoms with E-state index in [1.165, 1.54) is 63.4 Å². The summed E-state index contributed by atoms with van der Waals surface area (Å²) >= 11 is 5.84. The third kappa shape index (κ3) is 6.29. The number of halogens is 1. The van der Waals surface area contributed by atoms with Gasteiger partial charge in [0.2, 0.25) is 15.9 Å². The van der Waals surface area contributed by atoms with Crippen molar-refractivity contribution in [1.29, 1.82) is 0 Å². The molecule has 8 heteroatoms. The number of hydrogen-bond donors (Lipinski definition) is 1. The van der Waals surface area contributed by atoms with Gasteiger partial charge in [0.25, 0.3) is 0 Å². The summed E-state index contributed by atoms with van der Waals surface area (Å²) in [5.74, 6) is -0.382. The molecule has 2 aromatic carbocycles. The summed E-state index contributed by atoms with van der Waals surface area (Å²) in [5, 5.41) is 3.34. The minimum absolute atomic E-state index is 0.0988. The van der Waals surface area contributed by atoms with Crippen molar-refractivity contribution in [1.82, 2.24) is 9.21 Å². The molecule has 0 saturated heterocycles. The zero-order valence-electron chi connectivity index (χ0n) is 18.1. The summed E-state index contributed by atoms with van der Waals surface area (Å²) in [6, 6.07) is 14.1. The Kier molecular flexibility index (Phi) is 8.11. The molecule has 1 fully saturated rings. The fourth-order valence-electron chi connectivity index (χ4n) is 3.96. The first-order chi connectivity index (χ1) is 14.8. The van der Waals surface area contributed by atoms with Crippen LogP contribution in [-0.4, -0.2) is 50.2 Å². The van der Waals surface area contributed by atoms with Crippen molar-refractivity contribution in [2.45, 2.75) is 49.6 Å². The van der Waals surface area contributed by atoms with Gasteiger partial charge in [0, 0.05) is 30.3 Å². The van der Waals surface area contributed by atoms with Crippen molar-refractivity contribution in [2.24, 2.45) is 0 Å². The van der Waals surface area contributed by atoms with Crippen molar-refractivity contribution in [3.63, 3.8) is 0 Å². The van der Waals surface area contributed by atoms with Gasteiger partial charge >= 0.3 is 0 Å². The Labute approximate surface area is 190 Å². The van der Waals surface area contributed by atoms with Crippen LogP contribution < -0.4 is 5.32 Å². The van der Waals surface area contributed by atoms with Crippen molar-refractivity contribution in [2.75, 3.05) is 26.0 Å². The number of amides is 1. The largest absolute Gasteiger partial charge is 0.325 e. The van der Waals surface area contributed by atoms with E-state index in [1.54, 1.807) is 0 Å². The number of sulfonamides is 1. The molecule has 0 unspecified atom stereocenters. The number of hydrogen-bond acceptors (Lipinski definition) is 4. The number of carbonyl (C=O) groups is 1. The minimum atomic E-state index is -3.78. The van der Waals surface area contributed by atoms with E-state index in [0.717, 1.165) is 16.4 Å². The minimum Gasteiger partial charge on any atom is -0.325 e. The summed E-state index contributed by atoms with van der Waals surface area (Å²) in [6.45, 7) is 0.456. The van der Waals surface area contributed by atoms with E-state index in [1.807, 2.05) is 24.3 Å². The molecular formula is C23H30ClN3O3S. The standard InChI is InChI=1S/C23H30ClN3O3S/c1-26(20-9-4-3-5-10-20)16-18-8-6-7-11-22(18)25-23(28)17-27(2)31(29,30)21-14-12-19(24)13-15-21/h6-8,11-15,20H,3-5,9-10,16-17H2,1-2H3,(H,25,28). The summed E-state index contributed by atoms with van der Waals surface area (Å²) in [4.78, 5) is 15.1. The van der Waals surface area contributed by atoms with Crippen LogP contribution in [0.15, 0.2) is 53.4 Å². The predicted molar refractivity (Wildman–Crippen MR) is 125 cm³/mol. The van der Waals surface area contributed by atoms with Crippen LogP contribution in [0.3, 0.4) is 0 Å². The van der Waals surface area contributed by atoms with E-state index in [2.05, 4.69) is 17.3 Å². The topological polar surface area (TPSA) is 69.7 Å². The summed E-state index contributed by atoms with van der Waals surface area (Å²) in [6.07, 6.45) is 6.25. The Balaban J connectivity index is 1.64. The zero-order chi connectivity index (χ0) is 22.4. The average Bonchev–Trinajstić information content (AvgIpc) is 2.76. The molecule has 2 aromatic rings. The highest BCUT2D eigenvalue weighted by atomic mass is 35.5. The second kappa shape index (κ2) is 10.6. The maximum absolute atomic E-state index is 12.7. The molecule has 1 N–H and O–H groups in total. The quantitative estimate of drug-likeness (QED) is 0.631. The highest BCUT2D eigenvalue weighted by Gasteiger charge is 2.24. The molecular weight excluding hydrogens is 434 g/mol. The highest BCUT2D eigenvalue weighted by Crippen LogP contribution is 2.25. The molecule has 0 spiro atoms. The van der Waals surface area contributed by atoms with Crippen LogP contribution in [0.4, 0.5) is 5.69 Å². The molecule has 0 aliphatic heterocycles. The lowest BCUT2D eigenvalue weighted by atomic mass is 9.94. The maximum atomic E-state index is 12.7. The number of benzene rings is 2. The monoisotopic (exact) mass is 463 g/mol. The lowest BCUT2D eigenvalue weighted by molar-refractivity contribution is -0.116. The average molecular weight is 464 g/mol. The molecule has 1 aliphatic rings. The Bertz CT molecular complexity index is 989. The van der Waals surface area contributed by atoms with Crippen LogP contribution >= 0.6 is 11.6 Å². The summed E-state index contributed by atoms with van der Waals surface area (Å²) < 4.78 is 26.5. The first-order valence-corrected chi connectivity index (χ1v) is 12.4.